The fourth-order valence-electron chi connectivity index (χ4n) is 4.54. The molecule has 2 heterocycles. The fraction of sp³-hybridized carbons (Fsp3) is 0.545. The van der Waals surface area contributed by atoms with Crippen molar-refractivity contribution in [1.82, 2.24) is 25.2 Å². The molecule has 2 aliphatic rings. The summed E-state index contributed by atoms with van der Waals surface area (Å²) in [7, 11) is 1.58. The summed E-state index contributed by atoms with van der Waals surface area (Å²) in [6.07, 6.45) is 5.50. The van der Waals surface area contributed by atoms with Crippen LogP contribution < -0.4 is 10.1 Å². The molecule has 0 bridgehead atoms. The van der Waals surface area contributed by atoms with E-state index in [9.17, 15) is 14.0 Å². The number of hydrogen-bond acceptors (Lipinski definition) is 6. The highest BCUT2D eigenvalue weighted by Crippen LogP contribution is 2.56. The lowest BCUT2D eigenvalue weighted by atomic mass is 9.59. The summed E-state index contributed by atoms with van der Waals surface area (Å²) in [4.78, 5) is 26.5. The Labute approximate surface area is 185 Å². The molecule has 172 valence electrons. The van der Waals surface area contributed by atoms with Crippen LogP contribution in [0.2, 0.25) is 0 Å². The Hall–Kier alpha value is -3.01. The van der Waals surface area contributed by atoms with Gasteiger partial charge < -0.3 is 19.7 Å². The molecular formula is C22H28FN5O4. The van der Waals surface area contributed by atoms with Crippen LogP contribution in [0.5, 0.6) is 5.75 Å². The molecule has 1 aromatic heterocycles. The largest absolute Gasteiger partial charge is 0.484 e. The molecule has 10 heteroatoms. The van der Waals surface area contributed by atoms with Gasteiger partial charge in [-0.1, -0.05) is 5.21 Å². The van der Waals surface area contributed by atoms with Crippen molar-refractivity contribution in [3.63, 3.8) is 0 Å². The van der Waals surface area contributed by atoms with Crippen molar-refractivity contribution in [2.24, 2.45) is 5.41 Å². The van der Waals surface area contributed by atoms with E-state index in [4.69, 9.17) is 9.47 Å². The van der Waals surface area contributed by atoms with Crippen LogP contribution in [-0.4, -0.2) is 71.7 Å². The highest BCUT2D eigenvalue weighted by atomic mass is 19.1. The van der Waals surface area contributed by atoms with E-state index in [1.54, 1.807) is 13.3 Å². The molecule has 0 radical (unpaired) electrons. The topological polar surface area (TPSA) is 98.6 Å². The van der Waals surface area contributed by atoms with E-state index in [-0.39, 0.29) is 35.7 Å². The summed E-state index contributed by atoms with van der Waals surface area (Å²) in [5, 5.41) is 11.0. The molecule has 9 nitrogen and oxygen atoms in total. The molecule has 1 aliphatic carbocycles. The van der Waals surface area contributed by atoms with E-state index in [1.165, 1.54) is 24.3 Å². The van der Waals surface area contributed by atoms with Gasteiger partial charge in [-0.3, -0.25) is 9.59 Å². The zero-order chi connectivity index (χ0) is 22.6. The van der Waals surface area contributed by atoms with Crippen molar-refractivity contribution in [2.45, 2.75) is 31.7 Å². The first-order chi connectivity index (χ1) is 15.5. The summed E-state index contributed by atoms with van der Waals surface area (Å²) < 4.78 is 25.2. The van der Waals surface area contributed by atoms with E-state index in [0.29, 0.717) is 37.7 Å². The van der Waals surface area contributed by atoms with Gasteiger partial charge in [-0.05, 0) is 55.4 Å². The highest BCUT2D eigenvalue weighted by molar-refractivity contribution is 5.91. The summed E-state index contributed by atoms with van der Waals surface area (Å²) >= 11 is 0. The monoisotopic (exact) mass is 445 g/mol. The molecule has 1 atom stereocenters. The molecule has 1 N–H and O–H groups in total. The summed E-state index contributed by atoms with van der Waals surface area (Å²) in [5.41, 5.74) is 0.375. The fourth-order valence-corrected chi connectivity index (χ4v) is 4.54. The third-order valence-electron chi connectivity index (χ3n) is 6.56. The van der Waals surface area contributed by atoms with Crippen LogP contribution in [0.1, 0.15) is 42.2 Å². The number of amides is 2. The van der Waals surface area contributed by atoms with Gasteiger partial charge in [-0.25, -0.2) is 9.07 Å². The third kappa shape index (κ3) is 4.74. The Balaban J connectivity index is 1.28. The minimum absolute atomic E-state index is 0.0628. The predicted octanol–water partition coefficient (Wildman–Crippen LogP) is 1.82. The van der Waals surface area contributed by atoms with E-state index < -0.39 is 0 Å². The van der Waals surface area contributed by atoms with Crippen molar-refractivity contribution in [3.8, 4) is 5.75 Å². The first-order valence-electron chi connectivity index (χ1n) is 10.9. The van der Waals surface area contributed by atoms with Gasteiger partial charge in [0.25, 0.3) is 11.8 Å². The number of rotatable bonds is 8. The van der Waals surface area contributed by atoms with E-state index in [1.807, 2.05) is 9.58 Å². The molecule has 2 aromatic rings. The van der Waals surface area contributed by atoms with Crippen LogP contribution in [0.25, 0.3) is 0 Å². The average Bonchev–Trinajstić information content (AvgIpc) is 3.27. The van der Waals surface area contributed by atoms with Crippen LogP contribution in [0.4, 0.5) is 4.39 Å². The van der Waals surface area contributed by atoms with Gasteiger partial charge in [-0.15, -0.1) is 5.10 Å². The molecular weight excluding hydrogens is 417 g/mol. The van der Waals surface area contributed by atoms with Crippen LogP contribution in [0.15, 0.2) is 30.5 Å². The number of nitrogens with one attached hydrogen (secondary N) is 1. The van der Waals surface area contributed by atoms with Gasteiger partial charge in [-0.2, -0.15) is 0 Å². The first kappa shape index (κ1) is 22.2. The third-order valence-corrected chi connectivity index (χ3v) is 6.56. The number of benzene rings is 1. The number of likely N-dealkylation sites (tertiary alicyclic amines) is 1. The molecule has 2 fully saturated rings. The molecule has 1 aliphatic heterocycles. The Morgan fingerprint density at radius 2 is 1.97 bits per heavy atom. The van der Waals surface area contributed by atoms with Gasteiger partial charge in [0.05, 0.1) is 18.8 Å². The highest BCUT2D eigenvalue weighted by Gasteiger charge is 2.50. The lowest BCUT2D eigenvalue weighted by Gasteiger charge is -2.53. The smallest absolute Gasteiger partial charge is 0.273 e. The van der Waals surface area contributed by atoms with Gasteiger partial charge in [0.1, 0.15) is 11.6 Å². The number of hydrogen-bond donors (Lipinski definition) is 1. The van der Waals surface area contributed by atoms with E-state index in [2.05, 4.69) is 15.6 Å². The van der Waals surface area contributed by atoms with Crippen molar-refractivity contribution in [1.29, 1.82) is 0 Å². The number of aromatic nitrogens is 3. The number of ether oxygens (including phenoxy) is 2. The van der Waals surface area contributed by atoms with Crippen LogP contribution in [-0.2, 0) is 9.53 Å². The van der Waals surface area contributed by atoms with Crippen molar-refractivity contribution in [2.75, 3.05) is 40.0 Å². The zero-order valence-corrected chi connectivity index (χ0v) is 18.1. The SMILES string of the molecule is COCCNC(=O)c1cn(C2CCC23CCN(C(=O)COc2ccc(F)cc2)CC3)nn1. The molecule has 1 saturated heterocycles. The van der Waals surface area contributed by atoms with Crippen LogP contribution in [0.3, 0.4) is 0 Å². The first-order valence-corrected chi connectivity index (χ1v) is 10.9. The maximum absolute atomic E-state index is 13.0. The molecule has 1 unspecified atom stereocenters. The summed E-state index contributed by atoms with van der Waals surface area (Å²) in [6, 6.07) is 5.82. The molecule has 1 aromatic carbocycles. The lowest BCUT2D eigenvalue weighted by molar-refractivity contribution is -0.138. The quantitative estimate of drug-likeness (QED) is 0.623. The number of carbonyl (C=O) groups excluding carboxylic acids is 2. The van der Waals surface area contributed by atoms with E-state index >= 15 is 0 Å². The van der Waals surface area contributed by atoms with Crippen LogP contribution >= 0.6 is 0 Å². The number of carbonyl (C=O) groups is 2. The second-order valence-electron chi connectivity index (χ2n) is 8.37. The second-order valence-corrected chi connectivity index (χ2v) is 8.37. The van der Waals surface area contributed by atoms with E-state index in [0.717, 1.165) is 25.7 Å². The second kappa shape index (κ2) is 9.64. The van der Waals surface area contributed by atoms with Crippen molar-refractivity contribution < 1.29 is 23.5 Å². The Bertz CT molecular complexity index is 940. The Morgan fingerprint density at radius 3 is 2.62 bits per heavy atom. The molecule has 1 saturated carbocycles. The number of piperidine rings is 1. The predicted molar refractivity (Wildman–Crippen MR) is 113 cm³/mol. The minimum atomic E-state index is -0.341. The van der Waals surface area contributed by atoms with Gasteiger partial charge in [0.15, 0.2) is 12.3 Å². The minimum Gasteiger partial charge on any atom is -0.484 e. The van der Waals surface area contributed by atoms with Crippen LogP contribution in [0, 0.1) is 11.2 Å². The van der Waals surface area contributed by atoms with Gasteiger partial charge >= 0.3 is 0 Å². The van der Waals surface area contributed by atoms with Crippen molar-refractivity contribution >= 4 is 11.8 Å². The standard InChI is InChI=1S/C22H28FN5O4/c1-31-13-10-24-21(30)18-14-28(26-25-18)19-6-7-22(19)8-11-27(12-9-22)20(29)15-32-17-4-2-16(23)3-5-17/h2-5,14,19H,6-13,15H2,1H3,(H,24,30). The average molecular weight is 445 g/mol. The summed E-state index contributed by atoms with van der Waals surface area (Å²) in [6.45, 7) is 2.11. The number of nitrogens with zero attached hydrogens (tertiary/aromatic N) is 4. The van der Waals surface area contributed by atoms with Gasteiger partial charge in [0, 0.05) is 26.7 Å². The lowest BCUT2D eigenvalue weighted by Crippen LogP contribution is -2.52. The Kier molecular flexibility index (Phi) is 6.69. The summed E-state index contributed by atoms with van der Waals surface area (Å²) in [5.74, 6) is -0.203. The Morgan fingerprint density at radius 1 is 1.22 bits per heavy atom. The molecule has 4 rings (SSSR count). The van der Waals surface area contributed by atoms with Gasteiger partial charge in [0.2, 0.25) is 0 Å². The normalized spacial score (nSPS) is 19.4. The number of methoxy groups -OCH3 is 1. The maximum atomic E-state index is 13.0. The zero-order valence-electron chi connectivity index (χ0n) is 18.1. The molecule has 32 heavy (non-hydrogen) atoms. The number of halogens is 1. The maximum Gasteiger partial charge on any atom is 0.273 e. The molecule has 2 amide bonds. The van der Waals surface area contributed by atoms with Crippen molar-refractivity contribution in [3.05, 3.63) is 42.0 Å². The molecule has 1 spiro atoms.